The fourth-order valence-corrected chi connectivity index (χ4v) is 2.97. The van der Waals surface area contributed by atoms with Gasteiger partial charge in [0.05, 0.1) is 5.69 Å². The zero-order valence-electron chi connectivity index (χ0n) is 13.1. The number of anilines is 2. The smallest absolute Gasteiger partial charge is 0.295 e. The number of hydrogen-bond acceptors (Lipinski definition) is 6. The zero-order valence-corrected chi connectivity index (χ0v) is 13.1. The second-order valence-electron chi connectivity index (χ2n) is 5.95. The van der Waals surface area contributed by atoms with Gasteiger partial charge in [0.15, 0.2) is 11.4 Å². The van der Waals surface area contributed by atoms with E-state index >= 15 is 0 Å². The SMILES string of the molecule is Cc1ccc(N2CCCC(Nc3nc4ccccc4o3)C2)nn1. The number of benzene rings is 1. The molecule has 1 saturated heterocycles. The van der Waals surface area contributed by atoms with E-state index in [4.69, 9.17) is 4.42 Å². The van der Waals surface area contributed by atoms with E-state index in [0.29, 0.717) is 12.1 Å². The lowest BCUT2D eigenvalue weighted by Crippen LogP contribution is -2.42. The van der Waals surface area contributed by atoms with Gasteiger partial charge in [0.1, 0.15) is 5.52 Å². The molecule has 1 aromatic carbocycles. The summed E-state index contributed by atoms with van der Waals surface area (Å²) in [6, 6.07) is 12.7. The van der Waals surface area contributed by atoms with Gasteiger partial charge in [0.25, 0.3) is 6.01 Å². The summed E-state index contributed by atoms with van der Waals surface area (Å²) in [6.45, 7) is 3.82. The van der Waals surface area contributed by atoms with Crippen LogP contribution in [0.25, 0.3) is 11.1 Å². The van der Waals surface area contributed by atoms with Gasteiger partial charge >= 0.3 is 0 Å². The molecule has 0 bridgehead atoms. The maximum atomic E-state index is 5.76. The Morgan fingerprint density at radius 3 is 2.91 bits per heavy atom. The van der Waals surface area contributed by atoms with Crippen LogP contribution in [0.3, 0.4) is 0 Å². The normalized spacial score (nSPS) is 18.3. The second-order valence-corrected chi connectivity index (χ2v) is 5.95. The Hall–Kier alpha value is -2.63. The molecule has 3 aromatic rings. The molecule has 0 radical (unpaired) electrons. The summed E-state index contributed by atoms with van der Waals surface area (Å²) >= 11 is 0. The van der Waals surface area contributed by atoms with Crippen molar-refractivity contribution in [1.29, 1.82) is 0 Å². The van der Waals surface area contributed by atoms with Gasteiger partial charge in [-0.1, -0.05) is 12.1 Å². The largest absolute Gasteiger partial charge is 0.424 e. The molecule has 6 heteroatoms. The zero-order chi connectivity index (χ0) is 15.6. The molecule has 1 atom stereocenters. The highest BCUT2D eigenvalue weighted by Gasteiger charge is 2.22. The third-order valence-corrected chi connectivity index (χ3v) is 4.15. The maximum Gasteiger partial charge on any atom is 0.295 e. The minimum atomic E-state index is 0.292. The summed E-state index contributed by atoms with van der Waals surface area (Å²) in [4.78, 5) is 6.75. The van der Waals surface area contributed by atoms with Crippen molar-refractivity contribution in [2.24, 2.45) is 0 Å². The molecule has 0 spiro atoms. The molecule has 3 heterocycles. The van der Waals surface area contributed by atoms with Gasteiger partial charge < -0.3 is 14.6 Å². The van der Waals surface area contributed by atoms with Gasteiger partial charge in [0, 0.05) is 19.1 Å². The first-order valence-corrected chi connectivity index (χ1v) is 7.95. The fourth-order valence-electron chi connectivity index (χ4n) is 2.97. The van der Waals surface area contributed by atoms with Crippen molar-refractivity contribution in [3.05, 3.63) is 42.1 Å². The molecule has 1 aliphatic rings. The molecule has 23 heavy (non-hydrogen) atoms. The molecular weight excluding hydrogens is 290 g/mol. The van der Waals surface area contributed by atoms with Crippen LogP contribution in [0.5, 0.6) is 0 Å². The molecule has 2 aromatic heterocycles. The summed E-state index contributed by atoms with van der Waals surface area (Å²) in [6.07, 6.45) is 2.20. The second kappa shape index (κ2) is 5.87. The lowest BCUT2D eigenvalue weighted by molar-refractivity contribution is 0.505. The van der Waals surface area contributed by atoms with Crippen LogP contribution in [0.15, 0.2) is 40.8 Å². The lowest BCUT2D eigenvalue weighted by atomic mass is 10.1. The third-order valence-electron chi connectivity index (χ3n) is 4.15. The Morgan fingerprint density at radius 1 is 1.17 bits per heavy atom. The number of aryl methyl sites for hydroxylation is 1. The van der Waals surface area contributed by atoms with Gasteiger partial charge in [-0.05, 0) is 44.0 Å². The van der Waals surface area contributed by atoms with Gasteiger partial charge in [-0.2, -0.15) is 10.1 Å². The van der Waals surface area contributed by atoms with Crippen LogP contribution in [-0.2, 0) is 0 Å². The van der Waals surface area contributed by atoms with Crippen molar-refractivity contribution in [1.82, 2.24) is 15.2 Å². The summed E-state index contributed by atoms with van der Waals surface area (Å²) in [5.74, 6) is 0.930. The first-order chi connectivity index (χ1) is 11.3. The molecule has 4 rings (SSSR count). The van der Waals surface area contributed by atoms with Crippen LogP contribution in [0.2, 0.25) is 0 Å². The molecule has 0 saturated carbocycles. The molecular formula is C17H19N5O. The van der Waals surface area contributed by atoms with Crippen molar-refractivity contribution in [3.63, 3.8) is 0 Å². The summed E-state index contributed by atoms with van der Waals surface area (Å²) in [5, 5.41) is 11.9. The lowest BCUT2D eigenvalue weighted by Gasteiger charge is -2.33. The van der Waals surface area contributed by atoms with Gasteiger partial charge in [-0.3, -0.25) is 0 Å². The third kappa shape index (κ3) is 2.97. The first-order valence-electron chi connectivity index (χ1n) is 7.95. The Labute approximate surface area is 134 Å². The Bertz CT molecular complexity index is 765. The summed E-state index contributed by atoms with van der Waals surface area (Å²) < 4.78 is 5.76. The highest BCUT2D eigenvalue weighted by atomic mass is 16.4. The first kappa shape index (κ1) is 14.0. The van der Waals surface area contributed by atoms with Crippen molar-refractivity contribution >= 4 is 22.9 Å². The predicted molar refractivity (Wildman–Crippen MR) is 89.6 cm³/mol. The van der Waals surface area contributed by atoms with Crippen molar-refractivity contribution in [2.75, 3.05) is 23.3 Å². The van der Waals surface area contributed by atoms with Crippen LogP contribution in [-0.4, -0.2) is 34.3 Å². The number of oxazole rings is 1. The highest BCUT2D eigenvalue weighted by molar-refractivity contribution is 5.74. The van der Waals surface area contributed by atoms with E-state index in [1.807, 2.05) is 43.3 Å². The molecule has 1 unspecified atom stereocenters. The standard InChI is InChI=1S/C17H19N5O/c1-12-8-9-16(21-20-12)22-10-4-5-13(11-22)18-17-19-14-6-2-3-7-15(14)23-17/h2-3,6-9,13H,4-5,10-11H2,1H3,(H,18,19). The van der Waals surface area contributed by atoms with Crippen LogP contribution in [0, 0.1) is 6.92 Å². The van der Waals surface area contributed by atoms with Crippen LogP contribution in [0.4, 0.5) is 11.8 Å². The summed E-state index contributed by atoms with van der Waals surface area (Å²) in [5.41, 5.74) is 2.63. The van der Waals surface area contributed by atoms with Crippen LogP contribution >= 0.6 is 0 Å². The molecule has 0 aliphatic carbocycles. The van der Waals surface area contributed by atoms with E-state index in [1.54, 1.807) is 0 Å². The molecule has 1 fully saturated rings. The van der Waals surface area contributed by atoms with Crippen LogP contribution in [0.1, 0.15) is 18.5 Å². The minimum Gasteiger partial charge on any atom is -0.424 e. The van der Waals surface area contributed by atoms with E-state index in [9.17, 15) is 0 Å². The van der Waals surface area contributed by atoms with Gasteiger partial charge in [0.2, 0.25) is 0 Å². The number of aromatic nitrogens is 3. The highest BCUT2D eigenvalue weighted by Crippen LogP contribution is 2.22. The number of nitrogens with zero attached hydrogens (tertiary/aromatic N) is 4. The summed E-state index contributed by atoms with van der Waals surface area (Å²) in [7, 11) is 0. The quantitative estimate of drug-likeness (QED) is 0.802. The average molecular weight is 309 g/mol. The fraction of sp³-hybridized carbons (Fsp3) is 0.353. The topological polar surface area (TPSA) is 67.1 Å². The number of hydrogen-bond donors (Lipinski definition) is 1. The van der Waals surface area contributed by atoms with Crippen molar-refractivity contribution in [3.8, 4) is 0 Å². The number of piperidine rings is 1. The number of rotatable bonds is 3. The van der Waals surface area contributed by atoms with Crippen molar-refractivity contribution < 1.29 is 4.42 Å². The molecule has 0 amide bonds. The number of fused-ring (bicyclic) bond motifs is 1. The van der Waals surface area contributed by atoms with E-state index in [2.05, 4.69) is 25.4 Å². The maximum absolute atomic E-state index is 5.76. The van der Waals surface area contributed by atoms with Crippen LogP contribution < -0.4 is 10.2 Å². The molecule has 1 aliphatic heterocycles. The minimum absolute atomic E-state index is 0.292. The Kier molecular flexibility index (Phi) is 3.57. The predicted octanol–water partition coefficient (Wildman–Crippen LogP) is 3.01. The van der Waals surface area contributed by atoms with E-state index in [-0.39, 0.29) is 0 Å². The van der Waals surface area contributed by atoms with E-state index in [0.717, 1.165) is 48.5 Å². The van der Waals surface area contributed by atoms with Gasteiger partial charge in [-0.25, -0.2) is 0 Å². The monoisotopic (exact) mass is 309 g/mol. The Balaban J connectivity index is 1.47. The van der Waals surface area contributed by atoms with E-state index < -0.39 is 0 Å². The number of nitrogens with one attached hydrogen (secondary N) is 1. The van der Waals surface area contributed by atoms with E-state index in [1.165, 1.54) is 0 Å². The van der Waals surface area contributed by atoms with Gasteiger partial charge in [-0.15, -0.1) is 5.10 Å². The molecule has 118 valence electrons. The number of para-hydroxylation sites is 2. The molecule has 1 N–H and O–H groups in total. The Morgan fingerprint density at radius 2 is 2.09 bits per heavy atom. The molecule has 6 nitrogen and oxygen atoms in total. The average Bonchev–Trinajstić information content (AvgIpc) is 2.98. The van der Waals surface area contributed by atoms with Crippen molar-refractivity contribution in [2.45, 2.75) is 25.8 Å².